The van der Waals surface area contributed by atoms with Gasteiger partial charge in [0.1, 0.15) is 11.6 Å². The number of rotatable bonds is 6. The highest BCUT2D eigenvalue weighted by atomic mass is 35.5. The van der Waals surface area contributed by atoms with Gasteiger partial charge in [0.2, 0.25) is 0 Å². The van der Waals surface area contributed by atoms with E-state index < -0.39 is 5.91 Å². The van der Waals surface area contributed by atoms with Gasteiger partial charge in [-0.3, -0.25) is 14.9 Å². The van der Waals surface area contributed by atoms with Crippen LogP contribution in [0.2, 0.25) is 0 Å². The summed E-state index contributed by atoms with van der Waals surface area (Å²) in [7, 11) is 0. The lowest BCUT2D eigenvalue weighted by Crippen LogP contribution is -2.26. The number of carbonyl (C=O) groups is 1. The van der Waals surface area contributed by atoms with Crippen molar-refractivity contribution < 1.29 is 14.4 Å². The van der Waals surface area contributed by atoms with Crippen molar-refractivity contribution in [3.8, 4) is 0 Å². The van der Waals surface area contributed by atoms with Crippen LogP contribution in [0.25, 0.3) is 6.08 Å². The third-order valence-electron chi connectivity index (χ3n) is 4.24. The summed E-state index contributed by atoms with van der Waals surface area (Å²) >= 11 is 0. The van der Waals surface area contributed by atoms with Crippen LogP contribution >= 0.6 is 24.8 Å². The monoisotopic (exact) mass is 428 g/mol. The third kappa shape index (κ3) is 7.09. The maximum atomic E-state index is 13.3. The van der Waals surface area contributed by atoms with E-state index in [4.69, 9.17) is 5.21 Å². The molecule has 1 aliphatic heterocycles. The molecule has 9 heteroatoms. The van der Waals surface area contributed by atoms with E-state index in [9.17, 15) is 9.18 Å². The largest absolute Gasteiger partial charge is 0.366 e. The van der Waals surface area contributed by atoms with E-state index in [1.54, 1.807) is 24.4 Å². The summed E-state index contributed by atoms with van der Waals surface area (Å²) in [4.78, 5) is 17.6. The SMILES string of the molecule is Cl.Cl.O=C(C=Cc1ccc(N[C@@H]2CCN(Cc3cccc(F)c3)C2)nc1)NO. The maximum Gasteiger partial charge on any atom is 0.267 e. The van der Waals surface area contributed by atoms with Crippen LogP contribution in [-0.4, -0.2) is 40.1 Å². The van der Waals surface area contributed by atoms with Crippen molar-refractivity contribution in [2.45, 2.75) is 19.0 Å². The Kier molecular flexibility index (Phi) is 9.89. The van der Waals surface area contributed by atoms with Crippen molar-refractivity contribution in [2.75, 3.05) is 18.4 Å². The predicted octanol–water partition coefficient (Wildman–Crippen LogP) is 3.27. The quantitative estimate of drug-likeness (QED) is 0.373. The molecule has 2 aromatic rings. The number of likely N-dealkylation sites (tertiary alicyclic amines) is 1. The van der Waals surface area contributed by atoms with E-state index in [1.165, 1.54) is 17.6 Å². The minimum absolute atomic E-state index is 0. The van der Waals surface area contributed by atoms with E-state index in [1.807, 2.05) is 18.2 Å². The average Bonchev–Trinajstić information content (AvgIpc) is 3.07. The highest BCUT2D eigenvalue weighted by molar-refractivity contribution is 5.90. The van der Waals surface area contributed by atoms with Crippen LogP contribution in [0, 0.1) is 5.82 Å². The lowest BCUT2D eigenvalue weighted by molar-refractivity contribution is -0.124. The van der Waals surface area contributed by atoms with Crippen molar-refractivity contribution in [1.29, 1.82) is 0 Å². The number of carbonyl (C=O) groups excluding carboxylic acids is 1. The summed E-state index contributed by atoms with van der Waals surface area (Å²) in [5.74, 6) is -0.0194. The van der Waals surface area contributed by atoms with Gasteiger partial charge in [0.25, 0.3) is 5.91 Å². The number of hydroxylamine groups is 1. The van der Waals surface area contributed by atoms with Crippen molar-refractivity contribution >= 4 is 42.6 Å². The molecule has 0 radical (unpaired) electrons. The third-order valence-corrected chi connectivity index (χ3v) is 4.24. The molecule has 3 rings (SSSR count). The Bertz CT molecular complexity index is 790. The molecule has 1 saturated heterocycles. The van der Waals surface area contributed by atoms with Crippen molar-refractivity contribution in [2.24, 2.45) is 0 Å². The molecule has 0 unspecified atom stereocenters. The number of benzene rings is 1. The number of nitrogens with one attached hydrogen (secondary N) is 2. The maximum absolute atomic E-state index is 13.3. The standard InChI is InChI=1S/C19H21FN4O2.2ClH/c20-16-3-1-2-15(10-16)12-24-9-8-17(13-24)22-18-6-4-14(11-21-18)5-7-19(25)23-26;;/h1-7,10-11,17,26H,8-9,12-13H2,(H,21,22)(H,23,25);2*1H/t17-;;/m1../s1. The van der Waals surface area contributed by atoms with Gasteiger partial charge < -0.3 is 5.32 Å². The predicted molar refractivity (Wildman–Crippen MR) is 111 cm³/mol. The summed E-state index contributed by atoms with van der Waals surface area (Å²) < 4.78 is 13.3. The molecule has 28 heavy (non-hydrogen) atoms. The van der Waals surface area contributed by atoms with Crippen LogP contribution < -0.4 is 10.8 Å². The Balaban J connectivity index is 0.00000196. The van der Waals surface area contributed by atoms with E-state index in [0.717, 1.165) is 43.0 Å². The second-order valence-electron chi connectivity index (χ2n) is 6.28. The fourth-order valence-electron chi connectivity index (χ4n) is 3.00. The molecule has 6 nitrogen and oxygen atoms in total. The fourth-order valence-corrected chi connectivity index (χ4v) is 3.00. The van der Waals surface area contributed by atoms with Gasteiger partial charge in [-0.15, -0.1) is 24.8 Å². The molecule has 1 atom stereocenters. The summed E-state index contributed by atoms with van der Waals surface area (Å²) in [6.45, 7) is 2.56. The second kappa shape index (κ2) is 11.6. The van der Waals surface area contributed by atoms with E-state index in [2.05, 4.69) is 15.2 Å². The van der Waals surface area contributed by atoms with Gasteiger partial charge in [0, 0.05) is 37.9 Å². The molecule has 0 bridgehead atoms. The van der Waals surface area contributed by atoms with E-state index in [0.29, 0.717) is 0 Å². The van der Waals surface area contributed by atoms with Crippen LogP contribution in [0.5, 0.6) is 0 Å². The first-order chi connectivity index (χ1) is 12.6. The molecular formula is C19H23Cl2FN4O2. The van der Waals surface area contributed by atoms with Crippen LogP contribution in [0.3, 0.4) is 0 Å². The number of halogens is 3. The number of pyridine rings is 1. The summed E-state index contributed by atoms with van der Waals surface area (Å²) in [5, 5.41) is 11.8. The first-order valence-electron chi connectivity index (χ1n) is 8.44. The molecule has 3 N–H and O–H groups in total. The van der Waals surface area contributed by atoms with Gasteiger partial charge in [-0.1, -0.05) is 12.1 Å². The molecule has 0 saturated carbocycles. The Morgan fingerprint density at radius 2 is 2.14 bits per heavy atom. The lowest BCUT2D eigenvalue weighted by atomic mass is 10.2. The van der Waals surface area contributed by atoms with Gasteiger partial charge in [-0.05, 0) is 47.9 Å². The molecular weight excluding hydrogens is 406 g/mol. The number of hydrogen-bond acceptors (Lipinski definition) is 5. The van der Waals surface area contributed by atoms with Crippen molar-refractivity contribution in [3.63, 3.8) is 0 Å². The minimum atomic E-state index is -0.587. The zero-order chi connectivity index (χ0) is 18.4. The van der Waals surface area contributed by atoms with Crippen molar-refractivity contribution in [3.05, 3.63) is 65.6 Å². The van der Waals surface area contributed by atoms with Crippen LogP contribution in [0.1, 0.15) is 17.5 Å². The smallest absolute Gasteiger partial charge is 0.267 e. The number of amides is 1. The topological polar surface area (TPSA) is 77.5 Å². The molecule has 152 valence electrons. The summed E-state index contributed by atoms with van der Waals surface area (Å²) in [5.41, 5.74) is 3.28. The Labute approximate surface area is 175 Å². The Morgan fingerprint density at radius 3 is 2.82 bits per heavy atom. The molecule has 0 spiro atoms. The van der Waals surface area contributed by atoms with Gasteiger partial charge in [0.05, 0.1) is 0 Å². The zero-order valence-electron chi connectivity index (χ0n) is 15.0. The first-order valence-corrected chi connectivity index (χ1v) is 8.44. The number of aromatic nitrogens is 1. The highest BCUT2D eigenvalue weighted by Crippen LogP contribution is 2.17. The molecule has 0 aliphatic carbocycles. The Hall–Kier alpha value is -2.19. The van der Waals surface area contributed by atoms with Gasteiger partial charge in [-0.2, -0.15) is 0 Å². The molecule has 1 fully saturated rings. The molecule has 1 aromatic heterocycles. The molecule has 2 heterocycles. The van der Waals surface area contributed by atoms with E-state index in [-0.39, 0.29) is 36.7 Å². The lowest BCUT2D eigenvalue weighted by Gasteiger charge is -2.17. The highest BCUT2D eigenvalue weighted by Gasteiger charge is 2.22. The summed E-state index contributed by atoms with van der Waals surface area (Å²) in [6.07, 6.45) is 5.45. The number of nitrogens with zero attached hydrogens (tertiary/aromatic N) is 2. The second-order valence-corrected chi connectivity index (χ2v) is 6.28. The molecule has 1 aliphatic rings. The molecule has 1 aromatic carbocycles. The van der Waals surface area contributed by atoms with Crippen LogP contribution in [0.15, 0.2) is 48.7 Å². The first kappa shape index (κ1) is 23.8. The van der Waals surface area contributed by atoms with Crippen molar-refractivity contribution in [1.82, 2.24) is 15.4 Å². The van der Waals surface area contributed by atoms with Crippen LogP contribution in [0.4, 0.5) is 10.2 Å². The average molecular weight is 429 g/mol. The van der Waals surface area contributed by atoms with Gasteiger partial charge in [-0.25, -0.2) is 14.9 Å². The van der Waals surface area contributed by atoms with Crippen LogP contribution in [-0.2, 0) is 11.3 Å². The Morgan fingerprint density at radius 1 is 1.32 bits per heavy atom. The molecule has 1 amide bonds. The number of hydrogen-bond donors (Lipinski definition) is 3. The minimum Gasteiger partial charge on any atom is -0.366 e. The zero-order valence-corrected chi connectivity index (χ0v) is 16.7. The van der Waals surface area contributed by atoms with Gasteiger partial charge in [0.15, 0.2) is 0 Å². The van der Waals surface area contributed by atoms with E-state index >= 15 is 0 Å². The van der Waals surface area contributed by atoms with Gasteiger partial charge >= 0.3 is 0 Å². The number of anilines is 1. The summed E-state index contributed by atoms with van der Waals surface area (Å²) in [6, 6.07) is 10.7. The fraction of sp³-hybridized carbons (Fsp3) is 0.263. The normalized spacial score (nSPS) is 16.3.